The molecule has 0 saturated carbocycles. The molecule has 0 unspecified atom stereocenters. The lowest BCUT2D eigenvalue weighted by molar-refractivity contribution is 0.474. The van der Waals surface area contributed by atoms with Crippen LogP contribution in [0.2, 0.25) is 4.34 Å². The monoisotopic (exact) mass is 264 g/mol. The molecule has 0 saturated heterocycles. The van der Waals surface area contributed by atoms with Crippen LogP contribution in [-0.4, -0.2) is 17.5 Å². The highest BCUT2D eigenvalue weighted by Crippen LogP contribution is 2.19. The summed E-state index contributed by atoms with van der Waals surface area (Å²) in [6.45, 7) is 0. The second-order valence-electron chi connectivity index (χ2n) is 3.19. The van der Waals surface area contributed by atoms with Crippen LogP contribution in [0.1, 0.15) is 10.4 Å². The lowest BCUT2D eigenvalue weighted by Gasteiger charge is -1.94. The molecular formula is C12H9ClN2OS. The van der Waals surface area contributed by atoms with Crippen LogP contribution in [0.3, 0.4) is 0 Å². The fourth-order valence-corrected chi connectivity index (χ4v) is 2.11. The van der Waals surface area contributed by atoms with E-state index >= 15 is 0 Å². The van der Waals surface area contributed by atoms with Gasteiger partial charge >= 0.3 is 0 Å². The number of benzene rings is 1. The summed E-state index contributed by atoms with van der Waals surface area (Å²) in [5, 5.41) is 17.2. The van der Waals surface area contributed by atoms with Crippen molar-refractivity contribution in [2.75, 3.05) is 0 Å². The fourth-order valence-electron chi connectivity index (χ4n) is 1.18. The number of phenols is 1. The first-order valence-electron chi connectivity index (χ1n) is 4.85. The van der Waals surface area contributed by atoms with Gasteiger partial charge in [0.1, 0.15) is 5.75 Å². The standard InChI is InChI=1S/C12H9ClN2OS/c13-12-6-5-10(17-12)8-15-14-7-9-3-1-2-4-11(9)16/h1-8,16H/b14-7-,15-8+. The number of halogens is 1. The van der Waals surface area contributed by atoms with Gasteiger partial charge in [0.25, 0.3) is 0 Å². The zero-order chi connectivity index (χ0) is 12.1. The summed E-state index contributed by atoms with van der Waals surface area (Å²) in [5.41, 5.74) is 0.633. The minimum Gasteiger partial charge on any atom is -0.507 e. The van der Waals surface area contributed by atoms with Crippen molar-refractivity contribution < 1.29 is 5.11 Å². The van der Waals surface area contributed by atoms with Crippen LogP contribution in [0.25, 0.3) is 0 Å². The van der Waals surface area contributed by atoms with Gasteiger partial charge in [-0.15, -0.1) is 11.3 Å². The number of hydrogen-bond acceptors (Lipinski definition) is 4. The molecule has 1 heterocycles. The molecule has 86 valence electrons. The molecule has 0 aliphatic carbocycles. The van der Waals surface area contributed by atoms with E-state index in [2.05, 4.69) is 10.2 Å². The molecular weight excluding hydrogens is 256 g/mol. The SMILES string of the molecule is Oc1ccccc1/C=N\N=C\c1ccc(Cl)s1. The highest BCUT2D eigenvalue weighted by molar-refractivity contribution is 7.17. The molecule has 1 N–H and O–H groups in total. The summed E-state index contributed by atoms with van der Waals surface area (Å²) in [6, 6.07) is 10.6. The molecule has 0 spiro atoms. The van der Waals surface area contributed by atoms with E-state index in [4.69, 9.17) is 11.6 Å². The molecule has 0 aliphatic rings. The molecule has 2 rings (SSSR count). The largest absolute Gasteiger partial charge is 0.507 e. The van der Waals surface area contributed by atoms with Crippen LogP contribution in [0.4, 0.5) is 0 Å². The number of thiophene rings is 1. The number of aromatic hydroxyl groups is 1. The van der Waals surface area contributed by atoms with Gasteiger partial charge in [-0.05, 0) is 24.3 Å². The first-order chi connectivity index (χ1) is 8.25. The Kier molecular flexibility index (Phi) is 3.90. The van der Waals surface area contributed by atoms with Crippen LogP contribution in [0.15, 0.2) is 46.6 Å². The van der Waals surface area contributed by atoms with E-state index in [1.54, 1.807) is 30.5 Å². The average Bonchev–Trinajstić information content (AvgIpc) is 2.73. The van der Waals surface area contributed by atoms with Crippen molar-refractivity contribution in [3.8, 4) is 5.75 Å². The molecule has 3 nitrogen and oxygen atoms in total. The van der Waals surface area contributed by atoms with Gasteiger partial charge in [-0.3, -0.25) is 0 Å². The first-order valence-corrected chi connectivity index (χ1v) is 6.05. The van der Waals surface area contributed by atoms with Crippen LogP contribution in [0.5, 0.6) is 5.75 Å². The molecule has 1 aromatic carbocycles. The number of rotatable bonds is 3. The van der Waals surface area contributed by atoms with Crippen molar-refractivity contribution in [3.05, 3.63) is 51.2 Å². The third kappa shape index (κ3) is 3.41. The van der Waals surface area contributed by atoms with E-state index in [9.17, 15) is 5.11 Å². The van der Waals surface area contributed by atoms with Crippen molar-refractivity contribution in [1.82, 2.24) is 0 Å². The van der Waals surface area contributed by atoms with Crippen molar-refractivity contribution in [3.63, 3.8) is 0 Å². The van der Waals surface area contributed by atoms with Gasteiger partial charge in [0.2, 0.25) is 0 Å². The van der Waals surface area contributed by atoms with Crippen LogP contribution in [0, 0.1) is 0 Å². The van der Waals surface area contributed by atoms with Gasteiger partial charge < -0.3 is 5.11 Å². The molecule has 17 heavy (non-hydrogen) atoms. The van der Waals surface area contributed by atoms with Crippen molar-refractivity contribution in [1.29, 1.82) is 0 Å². The number of para-hydroxylation sites is 1. The highest BCUT2D eigenvalue weighted by atomic mass is 35.5. The molecule has 0 amide bonds. The maximum Gasteiger partial charge on any atom is 0.124 e. The van der Waals surface area contributed by atoms with Crippen molar-refractivity contribution in [2.45, 2.75) is 0 Å². The second-order valence-corrected chi connectivity index (χ2v) is 4.94. The Morgan fingerprint density at radius 1 is 1.06 bits per heavy atom. The predicted octanol–water partition coefficient (Wildman–Crippen LogP) is 3.56. The molecule has 0 radical (unpaired) electrons. The smallest absolute Gasteiger partial charge is 0.124 e. The van der Waals surface area contributed by atoms with Gasteiger partial charge in [-0.1, -0.05) is 23.7 Å². The number of phenolic OH excluding ortho intramolecular Hbond substituents is 1. The number of nitrogens with zero attached hydrogens (tertiary/aromatic N) is 2. The number of hydrogen-bond donors (Lipinski definition) is 1. The van der Waals surface area contributed by atoms with E-state index in [1.165, 1.54) is 17.6 Å². The minimum absolute atomic E-state index is 0.186. The Labute approximate surface area is 108 Å². The topological polar surface area (TPSA) is 45.0 Å². The van der Waals surface area contributed by atoms with Crippen molar-refractivity contribution in [2.24, 2.45) is 10.2 Å². The third-order valence-corrected chi connectivity index (χ3v) is 3.14. The van der Waals surface area contributed by atoms with E-state index < -0.39 is 0 Å². The lowest BCUT2D eigenvalue weighted by Crippen LogP contribution is -1.80. The summed E-state index contributed by atoms with van der Waals surface area (Å²) in [7, 11) is 0. The van der Waals surface area contributed by atoms with E-state index in [-0.39, 0.29) is 5.75 Å². The fraction of sp³-hybridized carbons (Fsp3) is 0. The van der Waals surface area contributed by atoms with Crippen LogP contribution in [-0.2, 0) is 0 Å². The minimum atomic E-state index is 0.186. The van der Waals surface area contributed by atoms with Gasteiger partial charge in [-0.25, -0.2) is 0 Å². The molecule has 0 fully saturated rings. The second kappa shape index (κ2) is 5.61. The van der Waals surface area contributed by atoms with Crippen LogP contribution < -0.4 is 0 Å². The lowest BCUT2D eigenvalue weighted by atomic mass is 10.2. The van der Waals surface area contributed by atoms with Gasteiger partial charge in [0.05, 0.1) is 16.8 Å². The molecule has 0 atom stereocenters. The molecule has 1 aromatic heterocycles. The third-order valence-electron chi connectivity index (χ3n) is 1.98. The maximum atomic E-state index is 9.47. The summed E-state index contributed by atoms with van der Waals surface area (Å²) < 4.78 is 0.719. The Balaban J connectivity index is 2.03. The Morgan fingerprint density at radius 3 is 2.53 bits per heavy atom. The van der Waals surface area contributed by atoms with Gasteiger partial charge in [0.15, 0.2) is 0 Å². The Bertz CT molecular complexity index is 563. The Morgan fingerprint density at radius 2 is 1.82 bits per heavy atom. The average molecular weight is 265 g/mol. The van der Waals surface area contributed by atoms with Gasteiger partial charge in [0, 0.05) is 10.4 Å². The summed E-state index contributed by atoms with van der Waals surface area (Å²) in [6.07, 6.45) is 3.12. The van der Waals surface area contributed by atoms with E-state index in [0.29, 0.717) is 5.56 Å². The molecule has 0 bridgehead atoms. The predicted molar refractivity (Wildman–Crippen MR) is 72.6 cm³/mol. The molecule has 2 aromatic rings. The van der Waals surface area contributed by atoms with E-state index in [1.807, 2.05) is 12.1 Å². The molecule has 5 heteroatoms. The molecule has 0 aliphatic heterocycles. The van der Waals surface area contributed by atoms with Crippen LogP contribution >= 0.6 is 22.9 Å². The van der Waals surface area contributed by atoms with Crippen molar-refractivity contribution >= 4 is 35.4 Å². The maximum absolute atomic E-state index is 9.47. The zero-order valence-corrected chi connectivity index (χ0v) is 10.3. The Hall–Kier alpha value is -1.65. The zero-order valence-electron chi connectivity index (χ0n) is 8.75. The van der Waals surface area contributed by atoms with Gasteiger partial charge in [-0.2, -0.15) is 10.2 Å². The highest BCUT2D eigenvalue weighted by Gasteiger charge is 1.94. The summed E-state index contributed by atoms with van der Waals surface area (Å²) >= 11 is 7.21. The first kappa shape index (κ1) is 11.8. The normalized spacial score (nSPS) is 11.6. The summed E-state index contributed by atoms with van der Waals surface area (Å²) in [4.78, 5) is 0.935. The summed E-state index contributed by atoms with van der Waals surface area (Å²) in [5.74, 6) is 0.186. The quantitative estimate of drug-likeness (QED) is 0.669. The van der Waals surface area contributed by atoms with E-state index in [0.717, 1.165) is 9.21 Å².